The van der Waals surface area contributed by atoms with Crippen molar-refractivity contribution in [2.24, 2.45) is 0 Å². The molecule has 100 valence electrons. The molecule has 4 nitrogen and oxygen atoms in total. The van der Waals surface area contributed by atoms with Crippen molar-refractivity contribution in [2.75, 3.05) is 14.1 Å². The van der Waals surface area contributed by atoms with Gasteiger partial charge >= 0.3 is 0 Å². The molecule has 19 heavy (non-hydrogen) atoms. The minimum absolute atomic E-state index is 0.103. The number of fused-ring (bicyclic) bond motifs is 1. The molecular weight excluding hydrogens is 240 g/mol. The van der Waals surface area contributed by atoms with Crippen LogP contribution < -0.4 is 5.56 Å². The van der Waals surface area contributed by atoms with Crippen molar-refractivity contribution in [1.29, 1.82) is 0 Å². The van der Waals surface area contributed by atoms with Gasteiger partial charge in [0.15, 0.2) is 0 Å². The molecule has 0 aliphatic heterocycles. The molecule has 0 fully saturated rings. The minimum Gasteiger partial charge on any atom is -0.343 e. The van der Waals surface area contributed by atoms with Crippen LogP contribution in [-0.2, 0) is 6.54 Å². The summed E-state index contributed by atoms with van der Waals surface area (Å²) in [4.78, 5) is 26.1. The van der Waals surface area contributed by atoms with Crippen LogP contribution >= 0.6 is 0 Å². The molecule has 0 atom stereocenters. The van der Waals surface area contributed by atoms with E-state index in [4.69, 9.17) is 0 Å². The van der Waals surface area contributed by atoms with Crippen LogP contribution in [0.4, 0.5) is 0 Å². The Morgan fingerprint density at radius 1 is 1.26 bits per heavy atom. The zero-order valence-corrected chi connectivity index (χ0v) is 11.7. The van der Waals surface area contributed by atoms with Gasteiger partial charge in [-0.25, -0.2) is 0 Å². The molecule has 0 spiro atoms. The third-order valence-electron chi connectivity index (χ3n) is 3.21. The number of hydrogen-bond donors (Lipinski definition) is 0. The van der Waals surface area contributed by atoms with Crippen LogP contribution in [0.5, 0.6) is 0 Å². The summed E-state index contributed by atoms with van der Waals surface area (Å²) in [5.41, 5.74) is 1.38. The predicted molar refractivity (Wildman–Crippen MR) is 76.6 cm³/mol. The first-order valence-electron chi connectivity index (χ1n) is 6.31. The molecule has 0 N–H and O–H groups in total. The van der Waals surface area contributed by atoms with E-state index in [0.29, 0.717) is 17.6 Å². The lowest BCUT2D eigenvalue weighted by molar-refractivity contribution is 0.0816. The number of nitrogens with zero attached hydrogens (tertiary/aromatic N) is 2. The first kappa shape index (κ1) is 13.3. The monoisotopic (exact) mass is 258 g/mol. The van der Waals surface area contributed by atoms with Gasteiger partial charge in [0, 0.05) is 26.0 Å². The van der Waals surface area contributed by atoms with Gasteiger partial charge in [-0.05, 0) is 31.4 Å². The molecule has 0 aliphatic carbocycles. The third-order valence-corrected chi connectivity index (χ3v) is 3.21. The van der Waals surface area contributed by atoms with E-state index >= 15 is 0 Å². The summed E-state index contributed by atoms with van der Waals surface area (Å²) >= 11 is 0. The Morgan fingerprint density at radius 3 is 2.53 bits per heavy atom. The summed E-state index contributed by atoms with van der Waals surface area (Å²) in [6.07, 6.45) is 0. The van der Waals surface area contributed by atoms with E-state index in [2.05, 4.69) is 0 Å². The van der Waals surface area contributed by atoms with Gasteiger partial charge in [-0.3, -0.25) is 9.59 Å². The largest absolute Gasteiger partial charge is 0.343 e. The summed E-state index contributed by atoms with van der Waals surface area (Å²) in [6, 6.07) is 7.50. The number of hydrogen-bond acceptors (Lipinski definition) is 2. The first-order chi connectivity index (χ1) is 8.95. The van der Waals surface area contributed by atoms with Crippen molar-refractivity contribution >= 4 is 16.7 Å². The summed E-state index contributed by atoms with van der Waals surface area (Å²) in [5, 5.41) is 1.47. The van der Waals surface area contributed by atoms with E-state index in [1.165, 1.54) is 9.47 Å². The Morgan fingerprint density at radius 2 is 1.95 bits per heavy atom. The van der Waals surface area contributed by atoms with Gasteiger partial charge in [0.05, 0.1) is 0 Å². The fourth-order valence-corrected chi connectivity index (χ4v) is 2.18. The fraction of sp³-hybridized carbons (Fsp3) is 0.333. The van der Waals surface area contributed by atoms with Crippen LogP contribution in [0.3, 0.4) is 0 Å². The van der Waals surface area contributed by atoms with Crippen molar-refractivity contribution in [3.63, 3.8) is 0 Å². The Labute approximate surface area is 112 Å². The minimum atomic E-state index is -0.151. The van der Waals surface area contributed by atoms with Crippen molar-refractivity contribution in [3.05, 3.63) is 45.9 Å². The lowest BCUT2D eigenvalue weighted by atomic mass is 10.1. The highest BCUT2D eigenvalue weighted by molar-refractivity contribution is 5.96. The van der Waals surface area contributed by atoms with Crippen LogP contribution in [0.2, 0.25) is 0 Å². The maximum atomic E-state index is 12.5. The Kier molecular flexibility index (Phi) is 3.42. The van der Waals surface area contributed by atoms with Crippen LogP contribution in [-0.4, -0.2) is 29.5 Å². The molecule has 1 amide bonds. The van der Waals surface area contributed by atoms with Gasteiger partial charge in [0.25, 0.3) is 11.5 Å². The van der Waals surface area contributed by atoms with E-state index in [-0.39, 0.29) is 11.5 Å². The van der Waals surface area contributed by atoms with Gasteiger partial charge in [-0.1, -0.05) is 17.7 Å². The lowest BCUT2D eigenvalue weighted by Crippen LogP contribution is -2.31. The van der Waals surface area contributed by atoms with Gasteiger partial charge in [0.1, 0.15) is 5.69 Å². The van der Waals surface area contributed by atoms with E-state index in [9.17, 15) is 9.59 Å². The summed E-state index contributed by atoms with van der Waals surface area (Å²) in [5.74, 6) is -0.151. The standard InChI is InChI=1S/C15H18N2O2/c1-5-17-13(15(19)16(3)4)9-11-7-6-10(2)8-12(11)14(17)18/h6-9H,5H2,1-4H3. The Bertz CT molecular complexity index is 699. The van der Waals surface area contributed by atoms with Gasteiger partial charge in [-0.15, -0.1) is 0 Å². The summed E-state index contributed by atoms with van der Waals surface area (Å²) in [7, 11) is 3.37. The lowest BCUT2D eigenvalue weighted by Gasteiger charge is -2.16. The molecule has 0 saturated heterocycles. The van der Waals surface area contributed by atoms with Crippen LogP contribution in [0.25, 0.3) is 10.8 Å². The molecule has 0 unspecified atom stereocenters. The molecule has 2 rings (SSSR count). The second kappa shape index (κ2) is 4.88. The SMILES string of the molecule is CCn1c(C(=O)N(C)C)cc2ccc(C)cc2c1=O. The Hall–Kier alpha value is -2.10. The van der Waals surface area contributed by atoms with Crippen molar-refractivity contribution < 1.29 is 4.79 Å². The number of rotatable bonds is 2. The maximum absolute atomic E-state index is 12.5. The van der Waals surface area contributed by atoms with E-state index in [1.54, 1.807) is 20.2 Å². The van der Waals surface area contributed by atoms with Crippen LogP contribution in [0, 0.1) is 6.92 Å². The number of aromatic nitrogens is 1. The molecule has 4 heteroatoms. The summed E-state index contributed by atoms with van der Waals surface area (Å²) < 4.78 is 1.53. The van der Waals surface area contributed by atoms with Crippen LogP contribution in [0.1, 0.15) is 23.0 Å². The smallest absolute Gasteiger partial charge is 0.270 e. The molecular formula is C15H18N2O2. The molecule has 1 aromatic heterocycles. The highest BCUT2D eigenvalue weighted by Crippen LogP contribution is 2.15. The second-order valence-electron chi connectivity index (χ2n) is 4.87. The number of benzene rings is 1. The fourth-order valence-electron chi connectivity index (χ4n) is 2.18. The molecule has 0 saturated carbocycles. The molecule has 1 aromatic carbocycles. The Balaban J connectivity index is 2.83. The predicted octanol–water partition coefficient (Wildman–Crippen LogP) is 2.03. The van der Waals surface area contributed by atoms with Gasteiger partial charge in [0.2, 0.25) is 0 Å². The zero-order chi connectivity index (χ0) is 14.2. The summed E-state index contributed by atoms with van der Waals surface area (Å²) in [6.45, 7) is 4.31. The van der Waals surface area contributed by atoms with Gasteiger partial charge < -0.3 is 9.47 Å². The third kappa shape index (κ3) is 2.26. The van der Waals surface area contributed by atoms with Crippen molar-refractivity contribution in [2.45, 2.75) is 20.4 Å². The normalized spacial score (nSPS) is 10.7. The number of carbonyl (C=O) groups excluding carboxylic acids is 1. The molecule has 1 heterocycles. The van der Waals surface area contributed by atoms with Crippen LogP contribution in [0.15, 0.2) is 29.1 Å². The topological polar surface area (TPSA) is 42.3 Å². The van der Waals surface area contributed by atoms with Gasteiger partial charge in [-0.2, -0.15) is 0 Å². The van der Waals surface area contributed by atoms with E-state index in [1.807, 2.05) is 32.0 Å². The van der Waals surface area contributed by atoms with E-state index < -0.39 is 0 Å². The number of pyridine rings is 1. The number of carbonyl (C=O) groups is 1. The average molecular weight is 258 g/mol. The molecule has 0 aliphatic rings. The molecule has 2 aromatic rings. The number of aryl methyl sites for hydroxylation is 1. The highest BCUT2D eigenvalue weighted by Gasteiger charge is 2.16. The van der Waals surface area contributed by atoms with Crippen molar-refractivity contribution in [1.82, 2.24) is 9.47 Å². The van der Waals surface area contributed by atoms with E-state index in [0.717, 1.165) is 10.9 Å². The molecule has 0 bridgehead atoms. The quantitative estimate of drug-likeness (QED) is 0.827. The zero-order valence-electron chi connectivity index (χ0n) is 11.7. The highest BCUT2D eigenvalue weighted by atomic mass is 16.2. The van der Waals surface area contributed by atoms with Crippen molar-refractivity contribution in [3.8, 4) is 0 Å². The second-order valence-corrected chi connectivity index (χ2v) is 4.87. The average Bonchev–Trinajstić information content (AvgIpc) is 2.38. The first-order valence-corrected chi connectivity index (χ1v) is 6.31. The molecule has 0 radical (unpaired) electrons. The number of amides is 1. The maximum Gasteiger partial charge on any atom is 0.270 e.